The van der Waals surface area contributed by atoms with Crippen LogP contribution in [0, 0.1) is 24.0 Å². The lowest BCUT2D eigenvalue weighted by atomic mass is 10.1. The zero-order valence-corrected chi connectivity index (χ0v) is 16.2. The predicted octanol–water partition coefficient (Wildman–Crippen LogP) is 3.49. The van der Waals surface area contributed by atoms with Gasteiger partial charge in [0.1, 0.15) is 5.75 Å². The molecule has 0 fully saturated rings. The van der Waals surface area contributed by atoms with Crippen LogP contribution >= 0.6 is 11.6 Å². The third-order valence-electron chi connectivity index (χ3n) is 4.00. The van der Waals surface area contributed by atoms with Gasteiger partial charge < -0.3 is 4.74 Å². The Morgan fingerprint density at radius 3 is 2.61 bits per heavy atom. The molecule has 0 radical (unpaired) electrons. The van der Waals surface area contributed by atoms with E-state index in [-0.39, 0.29) is 23.2 Å². The maximum absolute atomic E-state index is 12.1. The van der Waals surface area contributed by atoms with Crippen molar-refractivity contribution in [2.75, 3.05) is 6.61 Å². The van der Waals surface area contributed by atoms with Gasteiger partial charge in [0.2, 0.25) is 5.91 Å². The number of nitrogens with one attached hydrogen (secondary N) is 2. The number of nitrogens with zero attached hydrogens (tertiary/aromatic N) is 1. The highest BCUT2D eigenvalue weighted by atomic mass is 35.5. The summed E-state index contributed by atoms with van der Waals surface area (Å²) in [5.41, 5.74) is 5.65. The molecular weight excluding hydrogens is 386 g/mol. The van der Waals surface area contributed by atoms with Gasteiger partial charge in [-0.2, -0.15) is 0 Å². The average Bonchev–Trinajstić information content (AvgIpc) is 2.64. The number of hydrogen-bond acceptors (Lipinski definition) is 5. The summed E-state index contributed by atoms with van der Waals surface area (Å²) in [6.45, 7) is 3.68. The summed E-state index contributed by atoms with van der Waals surface area (Å²) < 4.78 is 5.60. The number of aryl methyl sites for hydroxylation is 1. The molecule has 0 spiro atoms. The molecule has 148 valence electrons. The van der Waals surface area contributed by atoms with E-state index < -0.39 is 16.7 Å². The highest BCUT2D eigenvalue weighted by Crippen LogP contribution is 2.22. The fourth-order valence-corrected chi connectivity index (χ4v) is 2.74. The molecule has 0 aromatic heterocycles. The van der Waals surface area contributed by atoms with E-state index in [0.29, 0.717) is 23.8 Å². The minimum absolute atomic E-state index is 0.121. The van der Waals surface area contributed by atoms with Crippen molar-refractivity contribution in [2.45, 2.75) is 26.7 Å². The van der Waals surface area contributed by atoms with Crippen molar-refractivity contribution in [2.24, 2.45) is 0 Å². The second-order valence-corrected chi connectivity index (χ2v) is 6.51. The van der Waals surface area contributed by atoms with Crippen LogP contribution in [0.2, 0.25) is 5.02 Å². The summed E-state index contributed by atoms with van der Waals surface area (Å²) in [7, 11) is 0. The van der Waals surface area contributed by atoms with Crippen molar-refractivity contribution in [3.05, 3.63) is 68.2 Å². The minimum atomic E-state index is -0.623. The van der Waals surface area contributed by atoms with Crippen LogP contribution in [0.5, 0.6) is 5.75 Å². The summed E-state index contributed by atoms with van der Waals surface area (Å²) >= 11 is 5.88. The number of ether oxygens (including phenoxy) is 1. The lowest BCUT2D eigenvalue weighted by Crippen LogP contribution is -2.41. The Balaban J connectivity index is 1.77. The Hall–Kier alpha value is -3.13. The van der Waals surface area contributed by atoms with Crippen molar-refractivity contribution in [1.82, 2.24) is 10.9 Å². The standard InChI is InChI=1S/C19H20ClN3O5/c1-12-11-14(20)8-9-17(12)28-10-4-7-18(24)21-22-19(25)15-5-3-6-16(13(15)2)23(26)27/h3,5-6,8-9,11H,4,7,10H2,1-2H3,(H,21,24)(H,22,25). The van der Waals surface area contributed by atoms with E-state index in [9.17, 15) is 19.7 Å². The lowest BCUT2D eigenvalue weighted by molar-refractivity contribution is -0.385. The van der Waals surface area contributed by atoms with Crippen LogP contribution in [0.25, 0.3) is 0 Å². The molecule has 2 rings (SSSR count). The van der Waals surface area contributed by atoms with E-state index in [1.165, 1.54) is 25.1 Å². The van der Waals surface area contributed by atoms with Crippen molar-refractivity contribution >= 4 is 29.1 Å². The molecule has 2 N–H and O–H groups in total. The fraction of sp³-hybridized carbons (Fsp3) is 0.263. The molecule has 0 aliphatic rings. The molecule has 2 aromatic rings. The molecule has 0 aliphatic carbocycles. The molecule has 0 aliphatic heterocycles. The number of rotatable bonds is 7. The summed E-state index contributed by atoms with van der Waals surface area (Å²) in [6.07, 6.45) is 0.584. The zero-order chi connectivity index (χ0) is 20.7. The molecule has 0 bridgehead atoms. The summed E-state index contributed by atoms with van der Waals surface area (Å²) in [6, 6.07) is 9.45. The molecular formula is C19H20ClN3O5. The summed E-state index contributed by atoms with van der Waals surface area (Å²) in [4.78, 5) is 34.4. The highest BCUT2D eigenvalue weighted by molar-refractivity contribution is 6.30. The van der Waals surface area contributed by atoms with E-state index in [1.54, 1.807) is 18.2 Å². The molecule has 0 heterocycles. The fourth-order valence-electron chi connectivity index (χ4n) is 2.51. The molecule has 0 atom stereocenters. The quantitative estimate of drug-likeness (QED) is 0.416. The van der Waals surface area contributed by atoms with Crippen LogP contribution in [-0.2, 0) is 4.79 Å². The number of carbonyl (C=O) groups excluding carboxylic acids is 2. The normalized spacial score (nSPS) is 10.2. The van der Waals surface area contributed by atoms with E-state index in [1.807, 2.05) is 6.92 Å². The number of hydrogen-bond donors (Lipinski definition) is 2. The van der Waals surface area contributed by atoms with Gasteiger partial charge in [0, 0.05) is 23.1 Å². The van der Waals surface area contributed by atoms with Gasteiger partial charge in [-0.05, 0) is 50.1 Å². The molecule has 8 nitrogen and oxygen atoms in total. The third kappa shape index (κ3) is 5.68. The second kappa shape index (κ2) is 9.70. The first-order valence-corrected chi connectivity index (χ1v) is 8.89. The van der Waals surface area contributed by atoms with Crippen LogP contribution in [0.1, 0.15) is 34.3 Å². The monoisotopic (exact) mass is 405 g/mol. The number of carbonyl (C=O) groups is 2. The first-order chi connectivity index (χ1) is 13.3. The van der Waals surface area contributed by atoms with Gasteiger partial charge in [-0.15, -0.1) is 0 Å². The molecule has 0 saturated heterocycles. The van der Waals surface area contributed by atoms with E-state index in [0.717, 1.165) is 5.56 Å². The number of nitro groups is 1. The first kappa shape index (κ1) is 21.2. The molecule has 9 heteroatoms. The van der Waals surface area contributed by atoms with Crippen LogP contribution in [0.4, 0.5) is 5.69 Å². The van der Waals surface area contributed by atoms with Gasteiger partial charge in [-0.1, -0.05) is 17.7 Å². The number of hydrazine groups is 1. The van der Waals surface area contributed by atoms with Crippen LogP contribution < -0.4 is 15.6 Å². The highest BCUT2D eigenvalue weighted by Gasteiger charge is 2.18. The number of halogens is 1. The third-order valence-corrected chi connectivity index (χ3v) is 4.24. The number of nitro benzene ring substituents is 1. The summed E-state index contributed by atoms with van der Waals surface area (Å²) in [5.74, 6) is -0.324. The van der Waals surface area contributed by atoms with E-state index in [4.69, 9.17) is 16.3 Å². The van der Waals surface area contributed by atoms with Gasteiger partial charge in [-0.3, -0.25) is 30.6 Å². The van der Waals surface area contributed by atoms with Crippen LogP contribution in [-0.4, -0.2) is 23.3 Å². The SMILES string of the molecule is Cc1cc(Cl)ccc1OCCCC(=O)NNC(=O)c1cccc([N+](=O)[O-])c1C. The maximum Gasteiger partial charge on any atom is 0.273 e. The zero-order valence-electron chi connectivity index (χ0n) is 15.5. The van der Waals surface area contributed by atoms with Crippen molar-refractivity contribution < 1.29 is 19.2 Å². The molecule has 0 saturated carbocycles. The Morgan fingerprint density at radius 2 is 1.93 bits per heavy atom. The Bertz CT molecular complexity index is 901. The molecule has 2 aromatic carbocycles. The van der Waals surface area contributed by atoms with Crippen LogP contribution in [0.3, 0.4) is 0 Å². The second-order valence-electron chi connectivity index (χ2n) is 6.07. The summed E-state index contributed by atoms with van der Waals surface area (Å²) in [5, 5.41) is 11.6. The Labute approximate surface area is 167 Å². The van der Waals surface area contributed by atoms with Crippen LogP contribution in [0.15, 0.2) is 36.4 Å². The number of amides is 2. The lowest BCUT2D eigenvalue weighted by Gasteiger charge is -2.11. The predicted molar refractivity (Wildman–Crippen MR) is 104 cm³/mol. The first-order valence-electron chi connectivity index (χ1n) is 8.51. The molecule has 28 heavy (non-hydrogen) atoms. The topological polar surface area (TPSA) is 111 Å². The van der Waals surface area contributed by atoms with Crippen molar-refractivity contribution in [3.8, 4) is 5.75 Å². The number of benzene rings is 2. The Kier molecular flexibility index (Phi) is 7.34. The van der Waals surface area contributed by atoms with Gasteiger partial charge >= 0.3 is 0 Å². The van der Waals surface area contributed by atoms with E-state index in [2.05, 4.69) is 10.9 Å². The smallest absolute Gasteiger partial charge is 0.273 e. The molecule has 0 unspecified atom stereocenters. The average molecular weight is 406 g/mol. The van der Waals surface area contributed by atoms with Crippen molar-refractivity contribution in [3.63, 3.8) is 0 Å². The van der Waals surface area contributed by atoms with E-state index >= 15 is 0 Å². The maximum atomic E-state index is 12.1. The molecule has 2 amide bonds. The Morgan fingerprint density at radius 1 is 1.18 bits per heavy atom. The van der Waals surface area contributed by atoms with Crippen molar-refractivity contribution in [1.29, 1.82) is 0 Å². The van der Waals surface area contributed by atoms with Gasteiger partial charge in [0.25, 0.3) is 11.6 Å². The van der Waals surface area contributed by atoms with Gasteiger partial charge in [-0.25, -0.2) is 0 Å². The van der Waals surface area contributed by atoms with Gasteiger partial charge in [0.15, 0.2) is 0 Å². The minimum Gasteiger partial charge on any atom is -0.493 e. The van der Waals surface area contributed by atoms with Gasteiger partial charge in [0.05, 0.1) is 17.1 Å². The largest absolute Gasteiger partial charge is 0.493 e.